The molecule has 0 saturated carbocycles. The van der Waals surface area contributed by atoms with Gasteiger partial charge in [0.1, 0.15) is 6.10 Å². The number of hydrogen-bond donors (Lipinski definition) is 2. The molecule has 0 unspecified atom stereocenters. The van der Waals surface area contributed by atoms with Crippen molar-refractivity contribution in [3.05, 3.63) is 0 Å². The first-order valence-corrected chi connectivity index (χ1v) is 9.88. The predicted molar refractivity (Wildman–Crippen MR) is 95.6 cm³/mol. The first-order valence-electron chi connectivity index (χ1n) is 9.88. The van der Waals surface area contributed by atoms with Crippen LogP contribution < -0.4 is 5.73 Å². The van der Waals surface area contributed by atoms with Gasteiger partial charge in [-0.1, -0.05) is 77.6 Å². The van der Waals surface area contributed by atoms with E-state index in [1.54, 1.807) is 0 Å². The molecule has 0 aromatic heterocycles. The Morgan fingerprint density at radius 3 is 1.91 bits per heavy atom. The molecule has 0 radical (unpaired) electrons. The molecule has 1 aliphatic heterocycles. The van der Waals surface area contributed by atoms with Gasteiger partial charge < -0.3 is 20.3 Å². The second-order valence-electron chi connectivity index (χ2n) is 6.99. The Labute approximate surface area is 143 Å². The molecule has 3 atom stereocenters. The molecule has 1 heterocycles. The number of aliphatic hydroxyl groups excluding tert-OH is 1. The number of ether oxygens (including phenoxy) is 2. The average Bonchev–Trinajstić information content (AvgIpc) is 2.87. The monoisotopic (exact) mass is 329 g/mol. The average molecular weight is 330 g/mol. The van der Waals surface area contributed by atoms with Crippen LogP contribution in [0.15, 0.2) is 0 Å². The number of rotatable bonds is 15. The Kier molecular flexibility index (Phi) is 12.9. The molecule has 138 valence electrons. The molecule has 1 rings (SSSR count). The van der Waals surface area contributed by atoms with E-state index >= 15 is 0 Å². The summed E-state index contributed by atoms with van der Waals surface area (Å²) in [4.78, 5) is 0. The summed E-state index contributed by atoms with van der Waals surface area (Å²) in [7, 11) is 0. The van der Waals surface area contributed by atoms with Crippen LogP contribution in [0.3, 0.4) is 0 Å². The van der Waals surface area contributed by atoms with Gasteiger partial charge in [-0.25, -0.2) is 0 Å². The van der Waals surface area contributed by atoms with Gasteiger partial charge in [-0.3, -0.25) is 0 Å². The third-order valence-corrected chi connectivity index (χ3v) is 4.75. The molecule has 0 aromatic carbocycles. The van der Waals surface area contributed by atoms with Crippen molar-refractivity contribution in [1.29, 1.82) is 0 Å². The molecule has 4 nitrogen and oxygen atoms in total. The lowest BCUT2D eigenvalue weighted by molar-refractivity contribution is -0.0251. The Morgan fingerprint density at radius 1 is 0.913 bits per heavy atom. The van der Waals surface area contributed by atoms with Crippen LogP contribution in [0.2, 0.25) is 0 Å². The lowest BCUT2D eigenvalue weighted by Crippen LogP contribution is -2.38. The number of nitrogens with two attached hydrogens (primary N) is 1. The Hall–Kier alpha value is -0.160. The van der Waals surface area contributed by atoms with Crippen LogP contribution in [0.25, 0.3) is 0 Å². The van der Waals surface area contributed by atoms with E-state index in [9.17, 15) is 5.11 Å². The highest BCUT2D eigenvalue weighted by atomic mass is 16.5. The van der Waals surface area contributed by atoms with Crippen molar-refractivity contribution in [3.63, 3.8) is 0 Å². The summed E-state index contributed by atoms with van der Waals surface area (Å²) in [6.07, 6.45) is 15.4. The van der Waals surface area contributed by atoms with Crippen molar-refractivity contribution in [2.24, 2.45) is 5.73 Å². The maximum atomic E-state index is 9.73. The van der Waals surface area contributed by atoms with Crippen LogP contribution in [-0.4, -0.2) is 43.2 Å². The van der Waals surface area contributed by atoms with E-state index in [0.29, 0.717) is 13.2 Å². The summed E-state index contributed by atoms with van der Waals surface area (Å²) >= 11 is 0. The summed E-state index contributed by atoms with van der Waals surface area (Å²) in [5, 5.41) is 9.73. The van der Waals surface area contributed by atoms with E-state index < -0.39 is 6.10 Å². The molecule has 1 fully saturated rings. The molecule has 0 aromatic rings. The molecule has 1 aliphatic rings. The predicted octanol–water partition coefficient (Wildman–Crippen LogP) is 3.79. The molecular formula is C19H39NO3. The summed E-state index contributed by atoms with van der Waals surface area (Å²) < 4.78 is 11.0. The minimum absolute atomic E-state index is 0.234. The standard InChI is InChI=1S/C19H39NO3/c1-2-3-4-5-6-7-8-9-10-11-12-13-14-22-16-18-19(21)17(20)15-23-18/h17-19,21H,2-16,20H2,1H3/t17-,18-,19+/m0/s1. The number of hydrogen-bond acceptors (Lipinski definition) is 4. The van der Waals surface area contributed by atoms with Crippen molar-refractivity contribution >= 4 is 0 Å². The van der Waals surface area contributed by atoms with Gasteiger partial charge in [-0.15, -0.1) is 0 Å². The summed E-state index contributed by atoms with van der Waals surface area (Å²) in [6, 6.07) is -0.254. The molecule has 0 bridgehead atoms. The van der Waals surface area contributed by atoms with Crippen molar-refractivity contribution in [2.75, 3.05) is 19.8 Å². The molecule has 0 amide bonds. The van der Waals surface area contributed by atoms with Crippen LogP contribution in [0.1, 0.15) is 84.0 Å². The smallest absolute Gasteiger partial charge is 0.108 e. The summed E-state index contributed by atoms with van der Waals surface area (Å²) in [5.74, 6) is 0. The fraction of sp³-hybridized carbons (Fsp3) is 1.00. The quantitative estimate of drug-likeness (QED) is 0.449. The van der Waals surface area contributed by atoms with Gasteiger partial charge in [0.05, 0.1) is 25.4 Å². The maximum Gasteiger partial charge on any atom is 0.108 e. The number of unbranched alkanes of at least 4 members (excludes halogenated alkanes) is 11. The van der Waals surface area contributed by atoms with Crippen LogP contribution >= 0.6 is 0 Å². The van der Waals surface area contributed by atoms with Crippen LogP contribution in [-0.2, 0) is 9.47 Å². The van der Waals surface area contributed by atoms with E-state index in [2.05, 4.69) is 6.92 Å². The fourth-order valence-electron chi connectivity index (χ4n) is 3.10. The molecule has 3 N–H and O–H groups in total. The minimum Gasteiger partial charge on any atom is -0.389 e. The lowest BCUT2D eigenvalue weighted by Gasteiger charge is -2.15. The highest BCUT2D eigenvalue weighted by Crippen LogP contribution is 2.14. The summed E-state index contributed by atoms with van der Waals surface area (Å²) in [6.45, 7) is 3.94. The SMILES string of the molecule is CCCCCCCCCCCCCCOC[C@@H]1OC[C@H](N)[C@H]1O. The Balaban J connectivity index is 1.73. The second-order valence-corrected chi connectivity index (χ2v) is 6.99. The Morgan fingerprint density at radius 2 is 1.43 bits per heavy atom. The third-order valence-electron chi connectivity index (χ3n) is 4.75. The zero-order chi connectivity index (χ0) is 16.8. The zero-order valence-corrected chi connectivity index (χ0v) is 15.2. The van der Waals surface area contributed by atoms with Gasteiger partial charge in [0.15, 0.2) is 0 Å². The first-order chi connectivity index (χ1) is 11.3. The Bertz CT molecular complexity index is 263. The number of aliphatic hydroxyl groups is 1. The van der Waals surface area contributed by atoms with Crippen LogP contribution in [0, 0.1) is 0 Å². The van der Waals surface area contributed by atoms with E-state index in [1.807, 2.05) is 0 Å². The van der Waals surface area contributed by atoms with Gasteiger partial charge in [0, 0.05) is 6.61 Å². The van der Waals surface area contributed by atoms with Gasteiger partial charge >= 0.3 is 0 Å². The fourth-order valence-corrected chi connectivity index (χ4v) is 3.10. The van der Waals surface area contributed by atoms with E-state index in [0.717, 1.165) is 13.0 Å². The summed E-state index contributed by atoms with van der Waals surface area (Å²) in [5.41, 5.74) is 5.69. The molecule has 0 spiro atoms. The largest absolute Gasteiger partial charge is 0.389 e. The van der Waals surface area contributed by atoms with Crippen LogP contribution in [0.4, 0.5) is 0 Å². The third kappa shape index (κ3) is 10.3. The van der Waals surface area contributed by atoms with Gasteiger partial charge in [-0.2, -0.15) is 0 Å². The van der Waals surface area contributed by atoms with Crippen molar-refractivity contribution in [2.45, 2.75) is 102 Å². The molecular weight excluding hydrogens is 290 g/mol. The van der Waals surface area contributed by atoms with Gasteiger partial charge in [0.25, 0.3) is 0 Å². The van der Waals surface area contributed by atoms with E-state index in [4.69, 9.17) is 15.2 Å². The highest BCUT2D eigenvalue weighted by molar-refractivity contribution is 4.85. The first kappa shape index (κ1) is 20.9. The van der Waals surface area contributed by atoms with E-state index in [-0.39, 0.29) is 12.1 Å². The van der Waals surface area contributed by atoms with Gasteiger partial charge in [0.2, 0.25) is 0 Å². The van der Waals surface area contributed by atoms with Crippen molar-refractivity contribution < 1.29 is 14.6 Å². The molecule has 1 saturated heterocycles. The van der Waals surface area contributed by atoms with Gasteiger partial charge in [-0.05, 0) is 6.42 Å². The van der Waals surface area contributed by atoms with Crippen LogP contribution in [0.5, 0.6) is 0 Å². The van der Waals surface area contributed by atoms with Crippen molar-refractivity contribution in [3.8, 4) is 0 Å². The second kappa shape index (κ2) is 14.2. The highest BCUT2D eigenvalue weighted by Gasteiger charge is 2.33. The molecule has 4 heteroatoms. The maximum absolute atomic E-state index is 9.73. The lowest BCUT2D eigenvalue weighted by atomic mass is 10.1. The van der Waals surface area contributed by atoms with E-state index in [1.165, 1.54) is 70.6 Å². The normalized spacial score (nSPS) is 24.4. The minimum atomic E-state index is -0.572. The topological polar surface area (TPSA) is 64.7 Å². The zero-order valence-electron chi connectivity index (χ0n) is 15.2. The molecule has 0 aliphatic carbocycles. The molecule has 23 heavy (non-hydrogen) atoms. The van der Waals surface area contributed by atoms with Crippen molar-refractivity contribution in [1.82, 2.24) is 0 Å².